The van der Waals surface area contributed by atoms with Gasteiger partial charge in [-0.25, -0.2) is 18.7 Å². The molecule has 0 bridgehead atoms. The Bertz CT molecular complexity index is 775. The van der Waals surface area contributed by atoms with E-state index in [1.165, 1.54) is 12.5 Å². The molecule has 0 aliphatic heterocycles. The number of hydrogen-bond donors (Lipinski definition) is 2. The van der Waals surface area contributed by atoms with Crippen LogP contribution in [0.4, 0.5) is 20.2 Å². The maximum atomic E-state index is 13.6. The molecule has 5 nitrogen and oxygen atoms in total. The molecule has 1 fully saturated rings. The summed E-state index contributed by atoms with van der Waals surface area (Å²) in [5, 5.41) is 5.73. The number of nitrogens with zero attached hydrogens (tertiary/aromatic N) is 2. The predicted octanol–water partition coefficient (Wildman–Crippen LogP) is 3.70. The summed E-state index contributed by atoms with van der Waals surface area (Å²) in [6.45, 7) is 3.83. The average molecular weight is 332 g/mol. The van der Waals surface area contributed by atoms with Gasteiger partial charge in [0.05, 0.1) is 22.6 Å². The molecule has 2 aromatic rings. The minimum atomic E-state index is -1.01. The molecule has 1 aliphatic rings. The highest BCUT2D eigenvalue weighted by atomic mass is 19.2. The molecule has 0 spiro atoms. The number of rotatable bonds is 5. The van der Waals surface area contributed by atoms with E-state index in [9.17, 15) is 13.6 Å². The fourth-order valence-corrected chi connectivity index (χ4v) is 2.38. The molecule has 0 unspecified atom stereocenters. The van der Waals surface area contributed by atoms with Gasteiger partial charge in [-0.15, -0.1) is 0 Å². The molecule has 7 heteroatoms. The minimum Gasteiger partial charge on any atom is -0.381 e. The molecule has 1 aromatic carbocycles. The van der Waals surface area contributed by atoms with E-state index < -0.39 is 17.5 Å². The van der Waals surface area contributed by atoms with Crippen molar-refractivity contribution < 1.29 is 13.6 Å². The number of aromatic nitrogens is 2. The first-order chi connectivity index (χ1) is 11.5. The number of anilines is 2. The number of halogens is 2. The Labute approximate surface area is 138 Å². The van der Waals surface area contributed by atoms with E-state index >= 15 is 0 Å². The van der Waals surface area contributed by atoms with Crippen molar-refractivity contribution in [3.05, 3.63) is 47.5 Å². The molecule has 1 saturated carbocycles. The number of benzene rings is 1. The normalized spacial score (nSPS) is 13.9. The van der Waals surface area contributed by atoms with Crippen LogP contribution in [-0.4, -0.2) is 21.9 Å². The molecule has 1 heterocycles. The second-order valence-electron chi connectivity index (χ2n) is 6.16. The zero-order chi connectivity index (χ0) is 17.3. The Morgan fingerprint density at radius 2 is 1.88 bits per heavy atom. The zero-order valence-electron chi connectivity index (χ0n) is 13.4. The van der Waals surface area contributed by atoms with Crippen molar-refractivity contribution in [2.24, 2.45) is 0 Å². The highest BCUT2D eigenvalue weighted by molar-refractivity contribution is 6.06. The number of hydrogen-bond acceptors (Lipinski definition) is 4. The van der Waals surface area contributed by atoms with Crippen LogP contribution in [-0.2, 0) is 0 Å². The Hall–Kier alpha value is -2.57. The molecule has 2 N–H and O–H groups in total. The van der Waals surface area contributed by atoms with Gasteiger partial charge in [0.15, 0.2) is 11.6 Å². The molecule has 1 aromatic heterocycles. The van der Waals surface area contributed by atoms with Crippen molar-refractivity contribution in [2.75, 3.05) is 10.6 Å². The fourth-order valence-electron chi connectivity index (χ4n) is 2.38. The van der Waals surface area contributed by atoms with E-state index in [2.05, 4.69) is 20.6 Å². The van der Waals surface area contributed by atoms with E-state index in [4.69, 9.17) is 0 Å². The van der Waals surface area contributed by atoms with Gasteiger partial charge in [-0.2, -0.15) is 0 Å². The van der Waals surface area contributed by atoms with E-state index in [0.29, 0.717) is 16.9 Å². The van der Waals surface area contributed by atoms with Crippen molar-refractivity contribution in [1.82, 2.24) is 9.97 Å². The van der Waals surface area contributed by atoms with Gasteiger partial charge >= 0.3 is 0 Å². The first-order valence-corrected chi connectivity index (χ1v) is 7.82. The third-order valence-electron chi connectivity index (χ3n) is 3.78. The first-order valence-electron chi connectivity index (χ1n) is 7.82. The number of carbonyl (C=O) groups is 1. The van der Waals surface area contributed by atoms with Gasteiger partial charge in [0.25, 0.3) is 5.91 Å². The summed E-state index contributed by atoms with van der Waals surface area (Å²) in [7, 11) is 0. The number of carbonyl (C=O) groups excluding carboxylic acids is 1. The molecule has 1 aliphatic carbocycles. The smallest absolute Gasteiger partial charge is 0.259 e. The Kier molecular flexibility index (Phi) is 4.42. The average Bonchev–Trinajstić information content (AvgIpc) is 3.36. The van der Waals surface area contributed by atoms with Crippen molar-refractivity contribution in [3.8, 4) is 0 Å². The monoisotopic (exact) mass is 332 g/mol. The Balaban J connectivity index is 1.90. The van der Waals surface area contributed by atoms with Gasteiger partial charge in [0.2, 0.25) is 0 Å². The standard InChI is InChI=1S/C17H18F2N4O/c1-9(2)16-11(7-20-8-21-16)17(24)23-15-6-13(19)12(18)5-14(15)22-10-3-4-10/h5-10,22H,3-4H2,1-2H3,(H,23,24). The summed E-state index contributed by atoms with van der Waals surface area (Å²) in [6.07, 6.45) is 4.74. The largest absolute Gasteiger partial charge is 0.381 e. The van der Waals surface area contributed by atoms with Gasteiger partial charge in [-0.05, 0) is 18.8 Å². The van der Waals surface area contributed by atoms with Crippen LogP contribution in [0, 0.1) is 11.6 Å². The van der Waals surface area contributed by atoms with Crippen LogP contribution in [0.2, 0.25) is 0 Å². The van der Waals surface area contributed by atoms with Gasteiger partial charge < -0.3 is 10.6 Å². The fraction of sp³-hybridized carbons (Fsp3) is 0.353. The van der Waals surface area contributed by atoms with E-state index in [-0.39, 0.29) is 17.6 Å². The van der Waals surface area contributed by atoms with Gasteiger partial charge in [-0.1, -0.05) is 13.8 Å². The molecular formula is C17H18F2N4O. The lowest BCUT2D eigenvalue weighted by molar-refractivity contribution is 0.102. The lowest BCUT2D eigenvalue weighted by atomic mass is 10.0. The molecule has 126 valence electrons. The summed E-state index contributed by atoms with van der Waals surface area (Å²) in [5.41, 5.74) is 1.48. The topological polar surface area (TPSA) is 66.9 Å². The van der Waals surface area contributed by atoms with Crippen molar-refractivity contribution in [2.45, 2.75) is 38.6 Å². The molecule has 24 heavy (non-hydrogen) atoms. The second kappa shape index (κ2) is 6.51. The van der Waals surface area contributed by atoms with Gasteiger partial charge in [0, 0.05) is 24.4 Å². The lowest BCUT2D eigenvalue weighted by Gasteiger charge is -2.15. The Morgan fingerprint density at radius 3 is 2.50 bits per heavy atom. The van der Waals surface area contributed by atoms with Crippen LogP contribution < -0.4 is 10.6 Å². The van der Waals surface area contributed by atoms with Crippen LogP contribution in [0.3, 0.4) is 0 Å². The van der Waals surface area contributed by atoms with Gasteiger partial charge in [-0.3, -0.25) is 4.79 Å². The molecular weight excluding hydrogens is 314 g/mol. The van der Waals surface area contributed by atoms with Crippen LogP contribution in [0.15, 0.2) is 24.7 Å². The van der Waals surface area contributed by atoms with Crippen molar-refractivity contribution >= 4 is 17.3 Å². The van der Waals surface area contributed by atoms with Crippen molar-refractivity contribution in [3.63, 3.8) is 0 Å². The zero-order valence-corrected chi connectivity index (χ0v) is 13.4. The molecule has 3 rings (SSSR count). The van der Waals surface area contributed by atoms with Crippen LogP contribution >= 0.6 is 0 Å². The maximum absolute atomic E-state index is 13.6. The minimum absolute atomic E-state index is 0.0303. The molecule has 0 radical (unpaired) electrons. The highest BCUT2D eigenvalue weighted by Gasteiger charge is 2.24. The van der Waals surface area contributed by atoms with Crippen LogP contribution in [0.1, 0.15) is 48.7 Å². The van der Waals surface area contributed by atoms with E-state index in [1.54, 1.807) is 0 Å². The summed E-state index contributed by atoms with van der Waals surface area (Å²) in [6, 6.07) is 2.28. The molecule has 1 amide bonds. The third-order valence-corrected chi connectivity index (χ3v) is 3.78. The van der Waals surface area contributed by atoms with E-state index in [1.807, 2.05) is 13.8 Å². The first kappa shape index (κ1) is 16.3. The van der Waals surface area contributed by atoms with Gasteiger partial charge in [0.1, 0.15) is 6.33 Å². The summed E-state index contributed by atoms with van der Waals surface area (Å²) >= 11 is 0. The van der Waals surface area contributed by atoms with Crippen molar-refractivity contribution in [1.29, 1.82) is 0 Å². The number of amides is 1. The maximum Gasteiger partial charge on any atom is 0.259 e. The third kappa shape index (κ3) is 3.50. The quantitative estimate of drug-likeness (QED) is 0.876. The lowest BCUT2D eigenvalue weighted by Crippen LogP contribution is -2.18. The van der Waals surface area contributed by atoms with E-state index in [0.717, 1.165) is 25.0 Å². The molecule has 0 atom stereocenters. The molecule has 0 saturated heterocycles. The summed E-state index contributed by atoms with van der Waals surface area (Å²) < 4.78 is 27.1. The summed E-state index contributed by atoms with van der Waals surface area (Å²) in [5.74, 6) is -2.39. The van der Waals surface area contributed by atoms with Crippen LogP contribution in [0.5, 0.6) is 0 Å². The number of nitrogens with one attached hydrogen (secondary N) is 2. The summed E-state index contributed by atoms with van der Waals surface area (Å²) in [4.78, 5) is 20.6. The van der Waals surface area contributed by atoms with Crippen LogP contribution in [0.25, 0.3) is 0 Å². The SMILES string of the molecule is CC(C)c1ncncc1C(=O)Nc1cc(F)c(F)cc1NC1CC1. The predicted molar refractivity (Wildman–Crippen MR) is 87.1 cm³/mol. The highest BCUT2D eigenvalue weighted by Crippen LogP contribution is 2.31. The second-order valence-corrected chi connectivity index (χ2v) is 6.16. The Morgan fingerprint density at radius 1 is 1.21 bits per heavy atom.